The van der Waals surface area contributed by atoms with Gasteiger partial charge >= 0.3 is 0 Å². The van der Waals surface area contributed by atoms with Crippen LogP contribution in [0.4, 0.5) is 0 Å². The molecule has 0 fully saturated rings. The number of rotatable bonds is 14. The van der Waals surface area contributed by atoms with Crippen LogP contribution in [0.2, 0.25) is 0 Å². The molecule has 18 heavy (non-hydrogen) atoms. The molecule has 0 spiro atoms. The Bertz CT molecular complexity index is 181. The van der Waals surface area contributed by atoms with Crippen molar-refractivity contribution in [3.63, 3.8) is 0 Å². The van der Waals surface area contributed by atoms with E-state index in [9.17, 15) is 0 Å². The number of hydrogen-bond donors (Lipinski definition) is 0. The first-order valence-electron chi connectivity index (χ1n) is 7.93. The predicted octanol–water partition coefficient (Wildman–Crippen LogP) is 6.05. The molecule has 0 heterocycles. The van der Waals surface area contributed by atoms with Gasteiger partial charge in [0.15, 0.2) is 0 Å². The van der Waals surface area contributed by atoms with Crippen molar-refractivity contribution in [3.8, 4) is 12.3 Å². The smallest absolute Gasteiger partial charge is 0.00939 e. The van der Waals surface area contributed by atoms with E-state index < -0.39 is 0 Å². The first-order valence-corrected chi connectivity index (χ1v) is 9.08. The molecule has 0 radical (unpaired) electrons. The Morgan fingerprint density at radius 2 is 1.22 bits per heavy atom. The Balaban J connectivity index is 2.89. The summed E-state index contributed by atoms with van der Waals surface area (Å²) in [5.74, 6) is 5.28. The maximum atomic E-state index is 5.22. The van der Waals surface area contributed by atoms with E-state index in [1.165, 1.54) is 82.1 Å². The number of terminal acetylenes is 1. The molecule has 0 bridgehead atoms. The van der Waals surface area contributed by atoms with Gasteiger partial charge < -0.3 is 0 Å². The molecule has 1 heteroatoms. The monoisotopic (exact) mass is 268 g/mol. The van der Waals surface area contributed by atoms with Crippen LogP contribution < -0.4 is 0 Å². The minimum absolute atomic E-state index is 0.949. The topological polar surface area (TPSA) is 0 Å². The minimum Gasteiger partial charge on any atom is -0.162 e. The Morgan fingerprint density at radius 3 is 1.78 bits per heavy atom. The Hall–Kier alpha value is -0.0900. The van der Waals surface area contributed by atoms with E-state index in [1.807, 2.05) is 0 Å². The van der Waals surface area contributed by atoms with Crippen molar-refractivity contribution in [3.05, 3.63) is 0 Å². The van der Waals surface area contributed by atoms with E-state index >= 15 is 0 Å². The molecule has 0 aliphatic rings. The van der Waals surface area contributed by atoms with Gasteiger partial charge in [-0.25, -0.2) is 0 Å². The summed E-state index contributed by atoms with van der Waals surface area (Å²) in [5.41, 5.74) is 0. The van der Waals surface area contributed by atoms with Gasteiger partial charge in [0.25, 0.3) is 0 Å². The molecule has 0 aromatic carbocycles. The van der Waals surface area contributed by atoms with E-state index in [0.29, 0.717) is 0 Å². The Morgan fingerprint density at radius 1 is 0.722 bits per heavy atom. The van der Waals surface area contributed by atoms with Crippen LogP contribution >= 0.6 is 11.8 Å². The number of unbranched alkanes of at least 4 members (excludes halogenated alkanes) is 10. The largest absolute Gasteiger partial charge is 0.162 e. The maximum absolute atomic E-state index is 5.22. The summed E-state index contributed by atoms with van der Waals surface area (Å²) in [6.07, 6.45) is 21.7. The van der Waals surface area contributed by atoms with Gasteiger partial charge in [-0.05, 0) is 24.3 Å². The lowest BCUT2D eigenvalue weighted by atomic mass is 10.1. The summed E-state index contributed by atoms with van der Waals surface area (Å²) in [6, 6.07) is 0. The average Bonchev–Trinajstić information content (AvgIpc) is 2.39. The second kappa shape index (κ2) is 16.9. The quantitative estimate of drug-likeness (QED) is 0.273. The van der Waals surface area contributed by atoms with Gasteiger partial charge in [0, 0.05) is 6.42 Å². The lowest BCUT2D eigenvalue weighted by Crippen LogP contribution is -1.85. The molecule has 0 aromatic heterocycles. The van der Waals surface area contributed by atoms with Gasteiger partial charge in [0.1, 0.15) is 0 Å². The summed E-state index contributed by atoms with van der Waals surface area (Å²) in [4.78, 5) is 0. The van der Waals surface area contributed by atoms with E-state index in [2.05, 4.69) is 24.6 Å². The Kier molecular flexibility index (Phi) is 16.8. The highest BCUT2D eigenvalue weighted by molar-refractivity contribution is 7.99. The van der Waals surface area contributed by atoms with Crippen molar-refractivity contribution in [2.24, 2.45) is 0 Å². The first kappa shape index (κ1) is 17.9. The van der Waals surface area contributed by atoms with Crippen LogP contribution in [0.3, 0.4) is 0 Å². The molecule has 0 aromatic rings. The summed E-state index contributed by atoms with van der Waals surface area (Å²) in [7, 11) is 0. The van der Waals surface area contributed by atoms with Crippen LogP contribution in [0, 0.1) is 12.3 Å². The van der Waals surface area contributed by atoms with Crippen LogP contribution in [0.1, 0.15) is 84.0 Å². The molecule has 0 amide bonds. The van der Waals surface area contributed by atoms with E-state index in [0.717, 1.165) is 6.42 Å². The van der Waals surface area contributed by atoms with Crippen molar-refractivity contribution in [2.75, 3.05) is 11.5 Å². The van der Waals surface area contributed by atoms with Crippen molar-refractivity contribution in [2.45, 2.75) is 84.0 Å². The molecule has 0 N–H and O–H groups in total. The average molecular weight is 269 g/mol. The molecule has 0 unspecified atom stereocenters. The molecule has 106 valence electrons. The lowest BCUT2D eigenvalue weighted by molar-refractivity contribution is 0.563. The van der Waals surface area contributed by atoms with E-state index in [-0.39, 0.29) is 0 Å². The fraction of sp³-hybridized carbons (Fsp3) is 0.882. The highest BCUT2D eigenvalue weighted by Gasteiger charge is 1.93. The second-order valence-corrected chi connectivity index (χ2v) is 6.33. The van der Waals surface area contributed by atoms with Crippen LogP contribution in [0.25, 0.3) is 0 Å². The molecule has 0 saturated heterocycles. The summed E-state index contributed by atoms with van der Waals surface area (Å²) in [5, 5.41) is 0. The van der Waals surface area contributed by atoms with Gasteiger partial charge in [-0.1, -0.05) is 64.7 Å². The maximum Gasteiger partial charge on any atom is 0.00939 e. The molecule has 0 atom stereocenters. The SMILES string of the molecule is C#CCCCSCCCCCCCCCCCC. The van der Waals surface area contributed by atoms with E-state index in [1.54, 1.807) is 0 Å². The minimum atomic E-state index is 0.949. The highest BCUT2D eigenvalue weighted by Crippen LogP contribution is 2.13. The van der Waals surface area contributed by atoms with Crippen molar-refractivity contribution in [1.29, 1.82) is 0 Å². The zero-order valence-electron chi connectivity index (χ0n) is 12.4. The van der Waals surface area contributed by atoms with Gasteiger partial charge in [-0.2, -0.15) is 11.8 Å². The summed E-state index contributed by atoms with van der Waals surface area (Å²) >= 11 is 2.08. The number of thioether (sulfide) groups is 1. The molecular weight excluding hydrogens is 236 g/mol. The molecule has 0 rings (SSSR count). The first-order chi connectivity index (χ1) is 8.91. The molecule has 0 saturated carbocycles. The zero-order valence-corrected chi connectivity index (χ0v) is 13.2. The highest BCUT2D eigenvalue weighted by atomic mass is 32.2. The van der Waals surface area contributed by atoms with Gasteiger partial charge in [0.05, 0.1) is 0 Å². The Labute approximate surface area is 120 Å². The molecule has 0 nitrogen and oxygen atoms in total. The van der Waals surface area contributed by atoms with Crippen molar-refractivity contribution in [1.82, 2.24) is 0 Å². The standard InChI is InChI=1S/C17H32S/c1-3-5-7-8-9-10-11-12-13-15-17-18-16-14-6-4-2/h2H,3,5-17H2,1H3. The molecule has 0 aliphatic carbocycles. The third-order valence-electron chi connectivity index (χ3n) is 3.25. The van der Waals surface area contributed by atoms with Crippen LogP contribution in [-0.2, 0) is 0 Å². The van der Waals surface area contributed by atoms with Gasteiger partial charge in [-0.3, -0.25) is 0 Å². The lowest BCUT2D eigenvalue weighted by Gasteiger charge is -2.02. The third kappa shape index (κ3) is 15.9. The van der Waals surface area contributed by atoms with Crippen molar-refractivity contribution < 1.29 is 0 Å². The van der Waals surface area contributed by atoms with Crippen LogP contribution in [0.5, 0.6) is 0 Å². The summed E-state index contributed by atoms with van der Waals surface area (Å²) < 4.78 is 0. The van der Waals surface area contributed by atoms with E-state index in [4.69, 9.17) is 6.42 Å². The molecular formula is C17H32S. The van der Waals surface area contributed by atoms with Crippen LogP contribution in [-0.4, -0.2) is 11.5 Å². The second-order valence-electron chi connectivity index (χ2n) is 5.10. The van der Waals surface area contributed by atoms with Crippen molar-refractivity contribution >= 4 is 11.8 Å². The summed E-state index contributed by atoms with van der Waals surface area (Å²) in [6.45, 7) is 2.28. The van der Waals surface area contributed by atoms with Gasteiger partial charge in [-0.15, -0.1) is 12.3 Å². The zero-order chi connectivity index (χ0) is 13.3. The third-order valence-corrected chi connectivity index (χ3v) is 4.41. The fourth-order valence-electron chi connectivity index (χ4n) is 2.07. The predicted molar refractivity (Wildman–Crippen MR) is 87.2 cm³/mol. The fourth-order valence-corrected chi connectivity index (χ4v) is 3.03. The molecule has 0 aliphatic heterocycles. The normalized spacial score (nSPS) is 10.4. The number of hydrogen-bond acceptors (Lipinski definition) is 1. The van der Waals surface area contributed by atoms with Gasteiger partial charge in [0.2, 0.25) is 0 Å². The van der Waals surface area contributed by atoms with Crippen LogP contribution in [0.15, 0.2) is 0 Å².